The number of benzene rings is 1. The van der Waals surface area contributed by atoms with E-state index in [1.165, 1.54) is 37.8 Å². The average molecular weight is 438 g/mol. The van der Waals surface area contributed by atoms with Gasteiger partial charge in [-0.25, -0.2) is 4.68 Å². The summed E-state index contributed by atoms with van der Waals surface area (Å²) in [7, 11) is 0. The van der Waals surface area contributed by atoms with Crippen molar-refractivity contribution in [2.45, 2.75) is 89.1 Å². The smallest absolute Gasteiger partial charge is 0.270 e. The minimum absolute atomic E-state index is 0.0605. The van der Waals surface area contributed by atoms with Crippen LogP contribution >= 0.6 is 0 Å². The Labute approximate surface area is 188 Å². The van der Waals surface area contributed by atoms with Gasteiger partial charge < -0.3 is 0 Å². The summed E-state index contributed by atoms with van der Waals surface area (Å²) < 4.78 is 2.10. The third kappa shape index (κ3) is 3.22. The molecule has 1 spiro atoms. The summed E-state index contributed by atoms with van der Waals surface area (Å²) >= 11 is 0. The lowest BCUT2D eigenvalue weighted by Crippen LogP contribution is -2.61. The summed E-state index contributed by atoms with van der Waals surface area (Å²) in [6.07, 6.45) is 10.1. The highest BCUT2D eigenvalue weighted by Gasteiger charge is 2.55. The highest BCUT2D eigenvalue weighted by molar-refractivity contribution is 6.06. The van der Waals surface area contributed by atoms with Gasteiger partial charge in [0.05, 0.1) is 10.5 Å². The summed E-state index contributed by atoms with van der Waals surface area (Å²) in [5.41, 5.74) is 0.197. The summed E-state index contributed by atoms with van der Waals surface area (Å²) in [5.74, 6) is 1.69. The number of aromatic nitrogens is 3. The summed E-state index contributed by atoms with van der Waals surface area (Å²) in [6, 6.07) is 6.12. The number of nitro groups is 1. The SMILES string of the molecule is CC(C)c1nc2n(n1)C1(CCCCC1)C1CCCCC1N2C(=O)c1cccc([N+](=O)[O-])c1. The molecule has 3 aliphatic rings. The van der Waals surface area contributed by atoms with Crippen LogP contribution in [0.4, 0.5) is 11.6 Å². The quantitative estimate of drug-likeness (QED) is 0.487. The van der Waals surface area contributed by atoms with Gasteiger partial charge in [-0.05, 0) is 31.7 Å². The Morgan fingerprint density at radius 3 is 2.62 bits per heavy atom. The van der Waals surface area contributed by atoms with E-state index in [4.69, 9.17) is 10.1 Å². The zero-order valence-corrected chi connectivity index (χ0v) is 18.9. The van der Waals surface area contributed by atoms with Gasteiger partial charge in [-0.15, -0.1) is 0 Å². The van der Waals surface area contributed by atoms with Crippen LogP contribution < -0.4 is 4.90 Å². The van der Waals surface area contributed by atoms with Gasteiger partial charge in [0.25, 0.3) is 11.6 Å². The maximum atomic E-state index is 13.9. The Morgan fingerprint density at radius 2 is 1.91 bits per heavy atom. The first-order valence-corrected chi connectivity index (χ1v) is 12.0. The molecular formula is C24H31N5O3. The van der Waals surface area contributed by atoms with Crippen molar-refractivity contribution in [3.8, 4) is 0 Å². The molecule has 2 fully saturated rings. The normalized spacial score (nSPS) is 24.3. The third-order valence-corrected chi connectivity index (χ3v) is 7.75. The predicted octanol–water partition coefficient (Wildman–Crippen LogP) is 5.19. The number of carbonyl (C=O) groups excluding carboxylic acids is 1. The average Bonchev–Trinajstić information content (AvgIpc) is 3.26. The lowest BCUT2D eigenvalue weighted by atomic mass is 9.64. The maximum Gasteiger partial charge on any atom is 0.270 e. The zero-order chi connectivity index (χ0) is 22.5. The molecule has 32 heavy (non-hydrogen) atoms. The third-order valence-electron chi connectivity index (χ3n) is 7.75. The molecule has 0 N–H and O–H groups in total. The van der Waals surface area contributed by atoms with Crippen LogP contribution in [0.3, 0.4) is 0 Å². The molecule has 5 rings (SSSR count). The van der Waals surface area contributed by atoms with Crippen LogP contribution in [0.1, 0.15) is 93.7 Å². The van der Waals surface area contributed by atoms with Crippen LogP contribution in [0.5, 0.6) is 0 Å². The molecule has 2 heterocycles. The second kappa shape index (κ2) is 7.98. The minimum Gasteiger partial charge on any atom is -0.273 e. The van der Waals surface area contributed by atoms with E-state index in [0.717, 1.165) is 37.9 Å². The second-order valence-electron chi connectivity index (χ2n) is 9.94. The van der Waals surface area contributed by atoms with Gasteiger partial charge in [-0.2, -0.15) is 10.1 Å². The number of carbonyl (C=O) groups is 1. The Kier molecular flexibility index (Phi) is 5.26. The van der Waals surface area contributed by atoms with Crippen molar-refractivity contribution in [3.05, 3.63) is 45.8 Å². The van der Waals surface area contributed by atoms with Crippen LogP contribution in [0.15, 0.2) is 24.3 Å². The van der Waals surface area contributed by atoms with Gasteiger partial charge in [-0.1, -0.05) is 52.0 Å². The molecule has 2 saturated carbocycles. The van der Waals surface area contributed by atoms with E-state index in [-0.39, 0.29) is 29.1 Å². The Hall–Kier alpha value is -2.77. The molecule has 1 aliphatic heterocycles. The Morgan fingerprint density at radius 1 is 1.16 bits per heavy atom. The number of non-ortho nitro benzene ring substituents is 1. The van der Waals surface area contributed by atoms with Crippen molar-refractivity contribution in [1.82, 2.24) is 14.8 Å². The highest BCUT2D eigenvalue weighted by atomic mass is 16.6. The van der Waals surface area contributed by atoms with Crippen LogP contribution in [0.2, 0.25) is 0 Å². The van der Waals surface area contributed by atoms with Crippen molar-refractivity contribution in [2.75, 3.05) is 4.90 Å². The fraction of sp³-hybridized carbons (Fsp3) is 0.625. The summed E-state index contributed by atoms with van der Waals surface area (Å²) in [5, 5.41) is 16.3. The molecule has 8 heteroatoms. The highest BCUT2D eigenvalue weighted by Crippen LogP contribution is 2.53. The van der Waals surface area contributed by atoms with E-state index in [1.54, 1.807) is 12.1 Å². The lowest BCUT2D eigenvalue weighted by Gasteiger charge is -2.55. The molecule has 1 aromatic carbocycles. The van der Waals surface area contributed by atoms with Gasteiger partial charge >= 0.3 is 0 Å². The largest absolute Gasteiger partial charge is 0.273 e. The van der Waals surface area contributed by atoms with Crippen LogP contribution in [0, 0.1) is 16.0 Å². The number of fused-ring (bicyclic) bond motifs is 4. The van der Waals surface area contributed by atoms with E-state index >= 15 is 0 Å². The number of amides is 1. The topological polar surface area (TPSA) is 94.2 Å². The molecule has 2 aliphatic carbocycles. The van der Waals surface area contributed by atoms with Crippen LogP contribution in [0.25, 0.3) is 0 Å². The molecule has 0 saturated heterocycles. The summed E-state index contributed by atoms with van der Waals surface area (Å²) in [6.45, 7) is 4.16. The fourth-order valence-corrected chi connectivity index (χ4v) is 6.25. The van der Waals surface area contributed by atoms with Crippen molar-refractivity contribution in [1.29, 1.82) is 0 Å². The fourth-order valence-electron chi connectivity index (χ4n) is 6.25. The summed E-state index contributed by atoms with van der Waals surface area (Å²) in [4.78, 5) is 31.5. The monoisotopic (exact) mass is 437 g/mol. The van der Waals surface area contributed by atoms with E-state index in [1.807, 2.05) is 4.90 Å². The molecule has 2 aromatic rings. The number of hydrogen-bond acceptors (Lipinski definition) is 5. The number of nitrogens with zero attached hydrogens (tertiary/aromatic N) is 5. The molecule has 0 radical (unpaired) electrons. The van der Waals surface area contributed by atoms with Crippen LogP contribution in [-0.4, -0.2) is 31.6 Å². The van der Waals surface area contributed by atoms with Gasteiger partial charge in [0, 0.05) is 35.6 Å². The van der Waals surface area contributed by atoms with Gasteiger partial charge in [-0.3, -0.25) is 19.8 Å². The molecule has 0 bridgehead atoms. The van der Waals surface area contributed by atoms with E-state index in [0.29, 0.717) is 17.4 Å². The van der Waals surface area contributed by atoms with Crippen molar-refractivity contribution in [2.24, 2.45) is 5.92 Å². The predicted molar refractivity (Wildman–Crippen MR) is 121 cm³/mol. The first-order chi connectivity index (χ1) is 15.4. The number of rotatable bonds is 3. The van der Waals surface area contributed by atoms with Gasteiger partial charge in [0.15, 0.2) is 5.82 Å². The Bertz CT molecular complexity index is 1040. The molecule has 1 aromatic heterocycles. The van der Waals surface area contributed by atoms with E-state index in [9.17, 15) is 14.9 Å². The number of nitro benzene ring substituents is 1. The van der Waals surface area contributed by atoms with E-state index in [2.05, 4.69) is 18.5 Å². The molecular weight excluding hydrogens is 406 g/mol. The lowest BCUT2D eigenvalue weighted by molar-refractivity contribution is -0.384. The molecule has 2 unspecified atom stereocenters. The second-order valence-corrected chi connectivity index (χ2v) is 9.94. The number of hydrogen-bond donors (Lipinski definition) is 0. The van der Waals surface area contributed by atoms with E-state index < -0.39 is 4.92 Å². The van der Waals surface area contributed by atoms with Gasteiger partial charge in [0.1, 0.15) is 0 Å². The first-order valence-electron chi connectivity index (χ1n) is 12.0. The maximum absolute atomic E-state index is 13.9. The molecule has 170 valence electrons. The molecule has 1 amide bonds. The standard InChI is InChI=1S/C24H31N5O3/c1-16(2)21-25-23-27(22(30)17-9-8-10-18(15-17)29(31)32)20-12-5-4-11-19(20)24(28(23)26-21)13-6-3-7-14-24/h8-10,15-16,19-20H,3-7,11-14H2,1-2H3. The van der Waals surface area contributed by atoms with Crippen LogP contribution in [-0.2, 0) is 5.54 Å². The van der Waals surface area contributed by atoms with Crippen molar-refractivity contribution >= 4 is 17.5 Å². The molecule has 8 nitrogen and oxygen atoms in total. The number of anilines is 1. The van der Waals surface area contributed by atoms with Crippen molar-refractivity contribution in [3.63, 3.8) is 0 Å². The zero-order valence-electron chi connectivity index (χ0n) is 18.9. The first kappa shape index (κ1) is 21.1. The Balaban J connectivity index is 1.66. The molecule has 2 atom stereocenters. The van der Waals surface area contributed by atoms with Crippen molar-refractivity contribution < 1.29 is 9.72 Å². The van der Waals surface area contributed by atoms with Gasteiger partial charge in [0.2, 0.25) is 5.95 Å². The minimum atomic E-state index is -0.452.